The summed E-state index contributed by atoms with van der Waals surface area (Å²) >= 11 is 0. The van der Waals surface area contributed by atoms with E-state index >= 15 is 0 Å². The number of aryl methyl sites for hydroxylation is 2. The molecule has 154 valence electrons. The summed E-state index contributed by atoms with van der Waals surface area (Å²) in [5.74, 6) is -9.06. The number of carbonyl (C=O) groups excluding carboxylic acids is 6. The van der Waals surface area contributed by atoms with Crippen molar-refractivity contribution in [3.63, 3.8) is 0 Å². The Morgan fingerprint density at radius 3 is 1.73 bits per heavy atom. The SMILES string of the molecule is Cc1cccc(C)c1N=C1OC2(OC13C(=O)NC(=O)NC3=O)C(=O)NC(=O)NC2=O. The molecular weight excluding hydrogens is 402 g/mol. The van der Waals surface area contributed by atoms with Crippen molar-refractivity contribution in [2.75, 3.05) is 0 Å². The van der Waals surface area contributed by atoms with Crippen molar-refractivity contribution >= 4 is 47.3 Å². The molecule has 3 aliphatic rings. The summed E-state index contributed by atoms with van der Waals surface area (Å²) in [6.45, 7) is 3.38. The van der Waals surface area contributed by atoms with Crippen LogP contribution in [0.5, 0.6) is 0 Å². The first-order chi connectivity index (χ1) is 14.1. The van der Waals surface area contributed by atoms with Crippen molar-refractivity contribution in [2.45, 2.75) is 25.2 Å². The van der Waals surface area contributed by atoms with Crippen LogP contribution in [0.4, 0.5) is 15.3 Å². The molecule has 30 heavy (non-hydrogen) atoms. The molecule has 3 fully saturated rings. The molecule has 3 heterocycles. The molecule has 0 bridgehead atoms. The average molecular weight is 415 g/mol. The summed E-state index contributed by atoms with van der Waals surface area (Å²) < 4.78 is 10.7. The van der Waals surface area contributed by atoms with Gasteiger partial charge < -0.3 is 4.74 Å². The van der Waals surface area contributed by atoms with Crippen LogP contribution in [-0.4, -0.2) is 53.0 Å². The molecule has 0 saturated carbocycles. The zero-order chi connectivity index (χ0) is 21.8. The molecule has 3 aliphatic heterocycles. The fraction of sp³-hybridized carbons (Fsp3) is 0.235. The van der Waals surface area contributed by atoms with E-state index < -0.39 is 53.0 Å². The number of amides is 8. The molecule has 0 atom stereocenters. The number of nitrogens with zero attached hydrogens (tertiary/aromatic N) is 1. The van der Waals surface area contributed by atoms with Gasteiger partial charge in [-0.2, -0.15) is 0 Å². The number of nitrogens with one attached hydrogen (secondary N) is 4. The van der Waals surface area contributed by atoms with Crippen LogP contribution in [0.2, 0.25) is 0 Å². The summed E-state index contributed by atoms with van der Waals surface area (Å²) in [5.41, 5.74) is -1.28. The van der Waals surface area contributed by atoms with Gasteiger partial charge in [0.1, 0.15) is 0 Å². The van der Waals surface area contributed by atoms with Crippen molar-refractivity contribution in [1.29, 1.82) is 0 Å². The maximum Gasteiger partial charge on any atom is 0.376 e. The van der Waals surface area contributed by atoms with E-state index in [2.05, 4.69) is 4.99 Å². The van der Waals surface area contributed by atoms with Gasteiger partial charge in [0.15, 0.2) is 0 Å². The number of para-hydroxylation sites is 1. The average Bonchev–Trinajstić information content (AvgIpc) is 2.99. The van der Waals surface area contributed by atoms with Crippen molar-refractivity contribution in [2.24, 2.45) is 4.99 Å². The van der Waals surface area contributed by atoms with Crippen LogP contribution in [0.3, 0.4) is 0 Å². The number of benzene rings is 1. The quantitative estimate of drug-likeness (QED) is 0.402. The monoisotopic (exact) mass is 415 g/mol. The first kappa shape index (κ1) is 19.2. The molecule has 2 spiro atoms. The molecule has 4 rings (SSSR count). The van der Waals surface area contributed by atoms with Crippen LogP contribution in [-0.2, 0) is 28.7 Å². The number of imide groups is 4. The molecule has 1 aromatic rings. The lowest BCUT2D eigenvalue weighted by molar-refractivity contribution is -0.202. The zero-order valence-corrected chi connectivity index (χ0v) is 15.4. The molecule has 8 amide bonds. The molecule has 0 aliphatic carbocycles. The zero-order valence-electron chi connectivity index (χ0n) is 15.4. The Bertz CT molecular complexity index is 1050. The highest BCUT2D eigenvalue weighted by Crippen LogP contribution is 2.39. The van der Waals surface area contributed by atoms with Gasteiger partial charge in [0.05, 0.1) is 5.69 Å². The van der Waals surface area contributed by atoms with E-state index in [-0.39, 0.29) is 5.69 Å². The minimum atomic E-state index is -2.90. The van der Waals surface area contributed by atoms with Crippen LogP contribution in [0, 0.1) is 13.8 Å². The minimum absolute atomic E-state index is 0.276. The van der Waals surface area contributed by atoms with E-state index in [1.807, 2.05) is 10.6 Å². The Hall–Kier alpha value is -4.13. The summed E-state index contributed by atoms with van der Waals surface area (Å²) in [6, 6.07) is 2.83. The number of rotatable bonds is 1. The minimum Gasteiger partial charge on any atom is -0.428 e. The molecular formula is C17H13N5O8. The third-order valence-electron chi connectivity index (χ3n) is 4.64. The molecule has 3 saturated heterocycles. The topological polar surface area (TPSA) is 181 Å². The molecule has 13 nitrogen and oxygen atoms in total. The molecule has 4 N–H and O–H groups in total. The number of hydrogen-bond donors (Lipinski definition) is 4. The normalized spacial score (nSPS) is 23.2. The highest BCUT2D eigenvalue weighted by atomic mass is 16.8. The number of ether oxygens (including phenoxy) is 2. The first-order valence-electron chi connectivity index (χ1n) is 8.48. The van der Waals surface area contributed by atoms with E-state index in [1.54, 1.807) is 42.7 Å². The molecule has 0 aromatic heterocycles. The third-order valence-corrected chi connectivity index (χ3v) is 4.64. The van der Waals surface area contributed by atoms with Crippen LogP contribution >= 0.6 is 0 Å². The smallest absolute Gasteiger partial charge is 0.376 e. The Kier molecular flexibility index (Phi) is 3.96. The van der Waals surface area contributed by atoms with Gasteiger partial charge in [-0.1, -0.05) is 18.2 Å². The predicted molar refractivity (Wildman–Crippen MR) is 94.0 cm³/mol. The number of aliphatic imine (C=N–C) groups is 1. The molecule has 0 radical (unpaired) electrons. The first-order valence-corrected chi connectivity index (χ1v) is 8.48. The van der Waals surface area contributed by atoms with Gasteiger partial charge in [0.25, 0.3) is 11.8 Å². The predicted octanol–water partition coefficient (Wildman–Crippen LogP) is -1.45. The Morgan fingerprint density at radius 2 is 1.23 bits per heavy atom. The molecule has 1 aromatic carbocycles. The summed E-state index contributed by atoms with van der Waals surface area (Å²) in [6.07, 6.45) is 0. The third kappa shape index (κ3) is 2.49. The highest BCUT2D eigenvalue weighted by Gasteiger charge is 2.74. The summed E-state index contributed by atoms with van der Waals surface area (Å²) in [5, 5.41) is 7.17. The lowest BCUT2D eigenvalue weighted by Gasteiger charge is -2.30. The van der Waals surface area contributed by atoms with E-state index in [0.29, 0.717) is 11.1 Å². The highest BCUT2D eigenvalue weighted by molar-refractivity contribution is 6.36. The number of hydrogen-bond acceptors (Lipinski definition) is 9. The number of urea groups is 2. The van der Waals surface area contributed by atoms with Gasteiger partial charge in [-0.3, -0.25) is 45.2 Å². The number of carbonyl (C=O) groups is 6. The van der Waals surface area contributed by atoms with Gasteiger partial charge in [-0.25, -0.2) is 14.6 Å². The lowest BCUT2D eigenvalue weighted by Crippen LogP contribution is -2.72. The van der Waals surface area contributed by atoms with E-state index in [1.165, 1.54) is 0 Å². The van der Waals surface area contributed by atoms with Gasteiger partial charge in [0.2, 0.25) is 5.90 Å². The lowest BCUT2D eigenvalue weighted by atomic mass is 9.99. The fourth-order valence-electron chi connectivity index (χ4n) is 3.17. The van der Waals surface area contributed by atoms with Gasteiger partial charge >= 0.3 is 35.3 Å². The second kappa shape index (κ2) is 6.18. The van der Waals surface area contributed by atoms with Crippen LogP contribution in [0.1, 0.15) is 11.1 Å². The summed E-state index contributed by atoms with van der Waals surface area (Å²) in [7, 11) is 0. The van der Waals surface area contributed by atoms with E-state index in [4.69, 9.17) is 9.47 Å². The molecule has 0 unspecified atom stereocenters. The molecule has 13 heteroatoms. The standard InChI is InChI=1S/C17H13N5O8/c1-6-4-3-5-7(2)8(6)18-13-16(9(23)19-14(27)20-10(16)24)30-17(29-13)11(25)21-15(28)22-12(17)26/h3-5H,1-2H3,(H2,19,20,23,24,27)(H2,21,22,25,26,28). The summed E-state index contributed by atoms with van der Waals surface area (Å²) in [4.78, 5) is 77.4. The van der Waals surface area contributed by atoms with Crippen molar-refractivity contribution in [3.8, 4) is 0 Å². The van der Waals surface area contributed by atoms with E-state index in [9.17, 15) is 28.8 Å². The van der Waals surface area contributed by atoms with Gasteiger partial charge in [0, 0.05) is 0 Å². The van der Waals surface area contributed by atoms with Crippen molar-refractivity contribution < 1.29 is 38.2 Å². The second-order valence-electron chi connectivity index (χ2n) is 6.63. The maximum absolute atomic E-state index is 12.7. The Morgan fingerprint density at radius 1 is 0.767 bits per heavy atom. The van der Waals surface area contributed by atoms with Crippen molar-refractivity contribution in [3.05, 3.63) is 29.3 Å². The van der Waals surface area contributed by atoms with Gasteiger partial charge in [-0.05, 0) is 25.0 Å². The van der Waals surface area contributed by atoms with Crippen LogP contribution in [0.25, 0.3) is 0 Å². The Balaban J connectivity index is 1.93. The van der Waals surface area contributed by atoms with Crippen LogP contribution in [0.15, 0.2) is 23.2 Å². The maximum atomic E-state index is 12.7. The Labute approximate surface area is 167 Å². The van der Waals surface area contributed by atoms with Crippen LogP contribution < -0.4 is 21.3 Å². The number of barbiturate groups is 2. The van der Waals surface area contributed by atoms with E-state index in [0.717, 1.165) is 0 Å². The second-order valence-corrected chi connectivity index (χ2v) is 6.63. The van der Waals surface area contributed by atoms with Crippen molar-refractivity contribution in [1.82, 2.24) is 21.3 Å². The largest absolute Gasteiger partial charge is 0.428 e. The van der Waals surface area contributed by atoms with Gasteiger partial charge in [-0.15, -0.1) is 0 Å². The fourth-order valence-corrected chi connectivity index (χ4v) is 3.17.